The summed E-state index contributed by atoms with van der Waals surface area (Å²) in [6.07, 6.45) is 0.650. The molecule has 1 aromatic heterocycles. The average Bonchev–Trinajstić information content (AvgIpc) is 3.57. The Balaban J connectivity index is 1.56. The number of ether oxygens (including phenoxy) is 1. The third kappa shape index (κ3) is 5.00. The van der Waals surface area contributed by atoms with Gasteiger partial charge in [-0.1, -0.05) is 41.9 Å². The highest BCUT2D eigenvalue weighted by atomic mass is 35.5. The van der Waals surface area contributed by atoms with Crippen molar-refractivity contribution in [1.82, 2.24) is 15.6 Å². The molecule has 1 fully saturated rings. The summed E-state index contributed by atoms with van der Waals surface area (Å²) in [5.41, 5.74) is 2.25. The summed E-state index contributed by atoms with van der Waals surface area (Å²) in [5, 5.41) is 6.04. The van der Waals surface area contributed by atoms with E-state index in [0.717, 1.165) is 18.4 Å². The minimum Gasteiger partial charge on any atom is -0.449 e. The van der Waals surface area contributed by atoms with E-state index in [-0.39, 0.29) is 11.6 Å². The van der Waals surface area contributed by atoms with Crippen molar-refractivity contribution in [2.24, 2.45) is 0 Å². The van der Waals surface area contributed by atoms with Gasteiger partial charge in [0.25, 0.3) is 5.91 Å². The summed E-state index contributed by atoms with van der Waals surface area (Å²) < 4.78 is 5.36. The molecule has 0 spiro atoms. The lowest BCUT2D eigenvalue weighted by molar-refractivity contribution is -0.127. The fraction of sp³-hybridized carbons (Fsp3) is 0.217. The van der Waals surface area contributed by atoms with Crippen molar-refractivity contribution in [3.63, 3.8) is 0 Å². The number of pyridine rings is 1. The molecule has 31 heavy (non-hydrogen) atoms. The molecule has 0 radical (unpaired) electrons. The summed E-state index contributed by atoms with van der Waals surface area (Å²) in [5.74, 6) is -1.37. The van der Waals surface area contributed by atoms with Crippen LogP contribution in [0, 0.1) is 0 Å². The highest BCUT2D eigenvalue weighted by Crippen LogP contribution is 2.26. The Hall–Kier alpha value is -3.45. The number of benzene rings is 2. The van der Waals surface area contributed by atoms with Crippen LogP contribution >= 0.6 is 11.6 Å². The maximum Gasteiger partial charge on any atom is 0.339 e. The second-order valence-electron chi connectivity index (χ2n) is 7.36. The van der Waals surface area contributed by atoms with E-state index in [0.29, 0.717) is 21.6 Å². The number of hydrogen-bond donors (Lipinski definition) is 2. The number of halogens is 1. The number of amides is 3. The Morgan fingerprint density at radius 2 is 1.81 bits per heavy atom. The molecule has 8 heteroatoms. The van der Waals surface area contributed by atoms with Crippen molar-refractivity contribution in [3.8, 4) is 11.3 Å². The standard InChI is InChI=1S/C23H20ClN3O4/c1-13(21(28)27-23(30)25-16-10-11-16)31-22(29)18-12-20(14-6-8-15(24)9-7-14)26-19-5-3-2-4-17(18)19/h2-9,12-13,16H,10-11H2,1H3,(H2,25,27,28,30). The molecule has 2 N–H and O–H groups in total. The number of carbonyl (C=O) groups is 3. The van der Waals surface area contributed by atoms with Crippen LogP contribution in [-0.4, -0.2) is 35.0 Å². The Morgan fingerprint density at radius 3 is 2.52 bits per heavy atom. The van der Waals surface area contributed by atoms with Gasteiger partial charge in [-0.05, 0) is 44.0 Å². The number of imide groups is 1. The first-order valence-corrected chi connectivity index (χ1v) is 10.3. The average molecular weight is 438 g/mol. The van der Waals surface area contributed by atoms with Gasteiger partial charge in [-0.25, -0.2) is 14.6 Å². The zero-order valence-corrected chi connectivity index (χ0v) is 17.5. The molecule has 1 aliphatic carbocycles. The van der Waals surface area contributed by atoms with E-state index in [9.17, 15) is 14.4 Å². The van der Waals surface area contributed by atoms with Gasteiger partial charge in [0, 0.05) is 22.0 Å². The maximum absolute atomic E-state index is 12.9. The minimum absolute atomic E-state index is 0.111. The van der Waals surface area contributed by atoms with Crippen molar-refractivity contribution in [1.29, 1.82) is 0 Å². The number of urea groups is 1. The normalized spacial score (nSPS) is 14.0. The van der Waals surface area contributed by atoms with Crippen molar-refractivity contribution >= 4 is 40.4 Å². The highest BCUT2D eigenvalue weighted by Gasteiger charge is 2.26. The zero-order chi connectivity index (χ0) is 22.0. The third-order valence-corrected chi connectivity index (χ3v) is 5.13. The summed E-state index contributed by atoms with van der Waals surface area (Å²) in [6.45, 7) is 1.42. The summed E-state index contributed by atoms with van der Waals surface area (Å²) in [7, 11) is 0. The van der Waals surface area contributed by atoms with E-state index in [1.165, 1.54) is 6.92 Å². The number of esters is 1. The largest absolute Gasteiger partial charge is 0.449 e. The molecule has 158 valence electrons. The van der Waals surface area contributed by atoms with Gasteiger partial charge in [0.1, 0.15) is 0 Å². The van der Waals surface area contributed by atoms with Crippen LogP contribution in [-0.2, 0) is 9.53 Å². The molecule has 0 aliphatic heterocycles. The Morgan fingerprint density at radius 1 is 1.10 bits per heavy atom. The Bertz CT molecular complexity index is 1160. The first-order valence-electron chi connectivity index (χ1n) is 9.89. The number of carbonyl (C=O) groups excluding carboxylic acids is 3. The lowest BCUT2D eigenvalue weighted by atomic mass is 10.0. The topological polar surface area (TPSA) is 97.4 Å². The molecule has 0 saturated heterocycles. The molecular formula is C23H20ClN3O4. The van der Waals surface area contributed by atoms with E-state index in [1.54, 1.807) is 36.4 Å². The quantitative estimate of drug-likeness (QED) is 0.586. The lowest BCUT2D eigenvalue weighted by Gasteiger charge is -2.15. The third-order valence-electron chi connectivity index (χ3n) is 4.88. The molecule has 7 nitrogen and oxygen atoms in total. The number of nitrogens with zero attached hydrogens (tertiary/aromatic N) is 1. The molecule has 1 saturated carbocycles. The predicted molar refractivity (Wildman–Crippen MR) is 117 cm³/mol. The second-order valence-corrected chi connectivity index (χ2v) is 7.80. The van der Waals surface area contributed by atoms with E-state index >= 15 is 0 Å². The van der Waals surface area contributed by atoms with Crippen LogP contribution in [0.3, 0.4) is 0 Å². The van der Waals surface area contributed by atoms with Crippen LogP contribution in [0.1, 0.15) is 30.1 Å². The first-order chi connectivity index (χ1) is 14.9. The highest BCUT2D eigenvalue weighted by molar-refractivity contribution is 6.30. The molecule has 3 amide bonds. The van der Waals surface area contributed by atoms with Crippen molar-refractivity contribution in [2.45, 2.75) is 31.9 Å². The molecule has 4 rings (SSSR count). The van der Waals surface area contributed by atoms with E-state index in [1.807, 2.05) is 18.2 Å². The summed E-state index contributed by atoms with van der Waals surface area (Å²) in [4.78, 5) is 41.6. The van der Waals surface area contributed by atoms with Crippen molar-refractivity contribution in [2.75, 3.05) is 0 Å². The fourth-order valence-corrected chi connectivity index (χ4v) is 3.18. The van der Waals surface area contributed by atoms with Crippen LogP contribution in [0.25, 0.3) is 22.2 Å². The van der Waals surface area contributed by atoms with Crippen LogP contribution < -0.4 is 10.6 Å². The van der Waals surface area contributed by atoms with Gasteiger partial charge in [0.2, 0.25) is 0 Å². The van der Waals surface area contributed by atoms with E-state index in [2.05, 4.69) is 15.6 Å². The molecule has 1 heterocycles. The van der Waals surface area contributed by atoms with Gasteiger partial charge in [-0.3, -0.25) is 10.1 Å². The molecular weight excluding hydrogens is 418 g/mol. The number of aromatic nitrogens is 1. The van der Waals surface area contributed by atoms with Crippen LogP contribution in [0.4, 0.5) is 4.79 Å². The van der Waals surface area contributed by atoms with E-state index in [4.69, 9.17) is 16.3 Å². The second kappa shape index (κ2) is 8.73. The number of hydrogen-bond acceptors (Lipinski definition) is 5. The smallest absolute Gasteiger partial charge is 0.339 e. The minimum atomic E-state index is -1.15. The van der Waals surface area contributed by atoms with Gasteiger partial charge < -0.3 is 10.1 Å². The molecule has 0 bridgehead atoms. The molecule has 3 aromatic rings. The Kier molecular flexibility index (Phi) is 5.86. The number of fused-ring (bicyclic) bond motifs is 1. The van der Waals surface area contributed by atoms with Gasteiger partial charge in [-0.2, -0.15) is 0 Å². The maximum atomic E-state index is 12.9. The number of para-hydroxylation sites is 1. The number of nitrogens with one attached hydrogen (secondary N) is 2. The van der Waals surface area contributed by atoms with Crippen LogP contribution in [0.2, 0.25) is 5.02 Å². The van der Waals surface area contributed by atoms with Gasteiger partial charge >= 0.3 is 12.0 Å². The van der Waals surface area contributed by atoms with E-state index < -0.39 is 24.0 Å². The summed E-state index contributed by atoms with van der Waals surface area (Å²) >= 11 is 5.97. The van der Waals surface area contributed by atoms with Gasteiger partial charge in [-0.15, -0.1) is 0 Å². The predicted octanol–water partition coefficient (Wildman–Crippen LogP) is 4.09. The monoisotopic (exact) mass is 437 g/mol. The summed E-state index contributed by atoms with van der Waals surface area (Å²) in [6, 6.07) is 15.4. The fourth-order valence-electron chi connectivity index (χ4n) is 3.05. The SMILES string of the molecule is CC(OC(=O)c1cc(-c2ccc(Cl)cc2)nc2ccccc12)C(=O)NC(=O)NC1CC1. The van der Waals surface area contributed by atoms with Crippen LogP contribution in [0.5, 0.6) is 0 Å². The van der Waals surface area contributed by atoms with Gasteiger partial charge in [0.05, 0.1) is 16.8 Å². The molecule has 1 unspecified atom stereocenters. The molecule has 1 aliphatic rings. The van der Waals surface area contributed by atoms with Crippen molar-refractivity contribution in [3.05, 3.63) is 65.2 Å². The molecule has 1 atom stereocenters. The molecule has 2 aromatic carbocycles. The lowest BCUT2D eigenvalue weighted by Crippen LogP contribution is -2.45. The van der Waals surface area contributed by atoms with Crippen LogP contribution in [0.15, 0.2) is 54.6 Å². The number of rotatable bonds is 5. The Labute approximate surface area is 183 Å². The first kappa shape index (κ1) is 20.8. The van der Waals surface area contributed by atoms with Gasteiger partial charge in [0.15, 0.2) is 6.10 Å². The zero-order valence-electron chi connectivity index (χ0n) is 16.7. The van der Waals surface area contributed by atoms with Crippen molar-refractivity contribution < 1.29 is 19.1 Å².